The molecule has 3 fully saturated rings. The molecule has 7 rings (SSSR count). The molecule has 0 radical (unpaired) electrons. The highest BCUT2D eigenvalue weighted by molar-refractivity contribution is 6.00. The number of aromatic nitrogens is 3. The number of aromatic amines is 1. The molecule has 242 valence electrons. The van der Waals surface area contributed by atoms with Gasteiger partial charge in [-0.05, 0) is 63.1 Å². The monoisotopic (exact) mass is 627 g/mol. The third kappa shape index (κ3) is 6.37. The number of nitrogens with zero attached hydrogens (tertiary/aromatic N) is 5. The number of piperazine rings is 1. The normalized spacial score (nSPS) is 19.0. The molecule has 0 aliphatic carbocycles. The lowest BCUT2D eigenvalue weighted by molar-refractivity contribution is 0.0904. The van der Waals surface area contributed by atoms with E-state index >= 15 is 4.39 Å². The Labute approximate surface area is 268 Å². The summed E-state index contributed by atoms with van der Waals surface area (Å²) >= 11 is 0. The summed E-state index contributed by atoms with van der Waals surface area (Å²) in [6.45, 7) is 7.33. The van der Waals surface area contributed by atoms with Crippen molar-refractivity contribution in [2.24, 2.45) is 5.73 Å². The van der Waals surface area contributed by atoms with E-state index < -0.39 is 5.91 Å². The lowest BCUT2D eigenvalue weighted by Crippen LogP contribution is -2.52. The Hall–Kier alpha value is -4.26. The third-order valence-electron chi connectivity index (χ3n) is 9.61. The van der Waals surface area contributed by atoms with E-state index in [1.807, 2.05) is 36.5 Å². The molecule has 0 unspecified atom stereocenters. The number of carbonyl (C=O) groups excluding carboxylic acids is 1. The number of nitrogens with one attached hydrogen (secondary N) is 3. The minimum atomic E-state index is -0.726. The van der Waals surface area contributed by atoms with Crippen LogP contribution in [0.3, 0.4) is 0 Å². The van der Waals surface area contributed by atoms with E-state index in [2.05, 4.69) is 37.4 Å². The van der Waals surface area contributed by atoms with Crippen molar-refractivity contribution in [1.29, 1.82) is 0 Å². The van der Waals surface area contributed by atoms with Crippen molar-refractivity contribution >= 4 is 39.8 Å². The van der Waals surface area contributed by atoms with Crippen LogP contribution in [-0.4, -0.2) is 102 Å². The maximum absolute atomic E-state index is 15.6. The molecular weight excluding hydrogens is 585 g/mol. The number of hydrogen-bond acceptors (Lipinski definition) is 9. The Bertz CT molecular complexity index is 1690. The van der Waals surface area contributed by atoms with Crippen LogP contribution in [0.5, 0.6) is 0 Å². The van der Waals surface area contributed by atoms with Gasteiger partial charge in [-0.1, -0.05) is 12.1 Å². The summed E-state index contributed by atoms with van der Waals surface area (Å²) in [4.78, 5) is 32.7. The minimum Gasteiger partial charge on any atom is -0.381 e. The molecule has 0 saturated carbocycles. The number of rotatable bonds is 8. The molecule has 3 aliphatic rings. The lowest BCUT2D eigenvalue weighted by atomic mass is 10.0. The van der Waals surface area contributed by atoms with Crippen LogP contribution in [0.2, 0.25) is 0 Å². The first-order chi connectivity index (χ1) is 22.4. The number of benzene rings is 2. The van der Waals surface area contributed by atoms with Crippen LogP contribution in [0.4, 0.5) is 27.4 Å². The van der Waals surface area contributed by atoms with Crippen molar-refractivity contribution in [1.82, 2.24) is 24.8 Å². The van der Waals surface area contributed by atoms with Gasteiger partial charge >= 0.3 is 0 Å². The van der Waals surface area contributed by atoms with E-state index in [-0.39, 0.29) is 23.4 Å². The number of halogens is 1. The van der Waals surface area contributed by atoms with Crippen LogP contribution in [0.15, 0.2) is 48.7 Å². The molecule has 5 heterocycles. The van der Waals surface area contributed by atoms with Gasteiger partial charge in [-0.15, -0.1) is 0 Å². The van der Waals surface area contributed by atoms with Crippen LogP contribution in [0.1, 0.15) is 36.2 Å². The van der Waals surface area contributed by atoms with E-state index in [4.69, 9.17) is 20.4 Å². The van der Waals surface area contributed by atoms with Crippen molar-refractivity contribution in [2.45, 2.75) is 37.8 Å². The van der Waals surface area contributed by atoms with Gasteiger partial charge in [0.25, 0.3) is 5.91 Å². The van der Waals surface area contributed by atoms with E-state index in [1.165, 1.54) is 6.07 Å². The Kier molecular flexibility index (Phi) is 8.74. The van der Waals surface area contributed by atoms with Crippen LogP contribution in [-0.2, 0) is 4.74 Å². The highest BCUT2D eigenvalue weighted by Crippen LogP contribution is 2.35. The number of carbonyl (C=O) groups is 1. The van der Waals surface area contributed by atoms with Gasteiger partial charge in [-0.3, -0.25) is 9.69 Å². The average Bonchev–Trinajstić information content (AvgIpc) is 3.56. The zero-order valence-corrected chi connectivity index (χ0v) is 26.3. The molecular formula is C34H42FN9O2. The van der Waals surface area contributed by atoms with Gasteiger partial charge < -0.3 is 35.9 Å². The maximum Gasteiger partial charge on any atom is 0.271 e. The predicted octanol–water partition coefficient (Wildman–Crippen LogP) is 4.41. The molecule has 5 N–H and O–H groups in total. The molecule has 2 aromatic carbocycles. The fraction of sp³-hybridized carbons (Fsp3) is 0.441. The molecule has 0 atom stereocenters. The van der Waals surface area contributed by atoms with E-state index in [9.17, 15) is 4.79 Å². The molecule has 3 aliphatic heterocycles. The van der Waals surface area contributed by atoms with E-state index in [1.54, 1.807) is 6.07 Å². The Morgan fingerprint density at radius 1 is 0.978 bits per heavy atom. The Balaban J connectivity index is 1.14. The quantitative estimate of drug-likeness (QED) is 0.225. The molecule has 4 aromatic rings. The van der Waals surface area contributed by atoms with Crippen molar-refractivity contribution in [3.8, 4) is 11.3 Å². The maximum atomic E-state index is 15.6. The summed E-state index contributed by atoms with van der Waals surface area (Å²) in [5.74, 6) is -0.357. The van der Waals surface area contributed by atoms with Gasteiger partial charge in [0.05, 0.1) is 5.69 Å². The van der Waals surface area contributed by atoms with Crippen LogP contribution < -0.4 is 21.3 Å². The van der Waals surface area contributed by atoms with Crippen LogP contribution in [0, 0.1) is 5.82 Å². The number of anilines is 4. The number of hydrogen-bond donors (Lipinski definition) is 4. The van der Waals surface area contributed by atoms with Crippen molar-refractivity contribution < 1.29 is 13.9 Å². The van der Waals surface area contributed by atoms with Gasteiger partial charge in [0.15, 0.2) is 17.3 Å². The van der Waals surface area contributed by atoms with Gasteiger partial charge in [0, 0.05) is 92.9 Å². The second-order valence-corrected chi connectivity index (χ2v) is 12.6. The minimum absolute atomic E-state index is 0.0180. The first-order valence-corrected chi connectivity index (χ1v) is 16.3. The fourth-order valence-corrected chi connectivity index (χ4v) is 6.95. The van der Waals surface area contributed by atoms with Gasteiger partial charge in [0.2, 0.25) is 0 Å². The molecule has 0 spiro atoms. The van der Waals surface area contributed by atoms with Crippen LogP contribution >= 0.6 is 0 Å². The Morgan fingerprint density at radius 3 is 2.50 bits per heavy atom. The largest absolute Gasteiger partial charge is 0.381 e. The lowest BCUT2D eigenvalue weighted by Gasteiger charge is -2.42. The number of ether oxygens (including phenoxy) is 1. The molecule has 11 nitrogen and oxygen atoms in total. The number of fused-ring (bicyclic) bond motifs is 1. The zero-order valence-electron chi connectivity index (χ0n) is 26.3. The summed E-state index contributed by atoms with van der Waals surface area (Å²) in [5, 5.41) is 7.65. The predicted molar refractivity (Wildman–Crippen MR) is 179 cm³/mol. The average molecular weight is 628 g/mol. The van der Waals surface area contributed by atoms with E-state index in [0.717, 1.165) is 81.4 Å². The highest BCUT2D eigenvalue weighted by atomic mass is 19.1. The second-order valence-electron chi connectivity index (χ2n) is 12.6. The van der Waals surface area contributed by atoms with Gasteiger partial charge in [-0.25, -0.2) is 14.4 Å². The SMILES string of the molecule is CN1CCN(C2CCN(c3ccc(Nc4nc(NC5CCOCC5)c(-c5cccc6[nH]ccc56)nc4C(N)=O)cc3F)CC2)CC1. The number of likely N-dealkylation sites (N-methyl/N-ethyl adjacent to an activating group) is 1. The molecule has 12 heteroatoms. The summed E-state index contributed by atoms with van der Waals surface area (Å²) in [6, 6.07) is 13.6. The first kappa shape index (κ1) is 30.4. The molecule has 1 amide bonds. The summed E-state index contributed by atoms with van der Waals surface area (Å²) < 4.78 is 21.2. The van der Waals surface area contributed by atoms with Gasteiger partial charge in [0.1, 0.15) is 11.5 Å². The number of primary amides is 1. The standard InChI is InChI=1S/C34H42FN9O2/c1-42-15-17-43(18-16-42)24-8-13-44(14-9-24)29-6-5-23(21-27(29)35)39-34-31(32(36)45)40-30(26-3-2-4-28-25(26)7-12-37-28)33(41-34)38-22-10-19-46-20-11-22/h2-7,12,21-22,24,37H,8-11,13-20H2,1H3,(H2,36,45)(H2,38,39,41). The molecule has 2 aromatic heterocycles. The van der Waals surface area contributed by atoms with E-state index in [0.29, 0.717) is 42.1 Å². The first-order valence-electron chi connectivity index (χ1n) is 16.3. The molecule has 3 saturated heterocycles. The van der Waals surface area contributed by atoms with Crippen molar-refractivity contribution in [3.05, 3.63) is 60.2 Å². The van der Waals surface area contributed by atoms with Crippen molar-refractivity contribution in [3.63, 3.8) is 0 Å². The number of amides is 1. The Morgan fingerprint density at radius 2 is 1.76 bits per heavy atom. The molecule has 0 bridgehead atoms. The molecule has 46 heavy (non-hydrogen) atoms. The highest BCUT2D eigenvalue weighted by Gasteiger charge is 2.28. The summed E-state index contributed by atoms with van der Waals surface area (Å²) in [7, 11) is 2.17. The topological polar surface area (TPSA) is 128 Å². The summed E-state index contributed by atoms with van der Waals surface area (Å²) in [6.07, 6.45) is 5.54. The zero-order chi connectivity index (χ0) is 31.6. The second kappa shape index (κ2) is 13.2. The van der Waals surface area contributed by atoms with Gasteiger partial charge in [-0.2, -0.15) is 0 Å². The number of nitrogens with two attached hydrogens (primary N) is 1. The van der Waals surface area contributed by atoms with Crippen molar-refractivity contribution in [2.75, 3.05) is 75.1 Å². The number of H-pyrrole nitrogens is 1. The smallest absolute Gasteiger partial charge is 0.271 e. The van der Waals surface area contributed by atoms with Crippen LogP contribution in [0.25, 0.3) is 22.2 Å². The summed E-state index contributed by atoms with van der Waals surface area (Å²) in [5.41, 5.74) is 9.17. The number of piperidine rings is 1. The third-order valence-corrected chi connectivity index (χ3v) is 9.61. The fourth-order valence-electron chi connectivity index (χ4n) is 6.95.